The number of aliphatic hydroxyl groups is 1. The molecule has 0 saturated carbocycles. The summed E-state index contributed by atoms with van der Waals surface area (Å²) >= 11 is 0. The molecule has 0 aromatic rings. The van der Waals surface area contributed by atoms with E-state index in [9.17, 15) is 5.11 Å². The predicted octanol–water partition coefficient (Wildman–Crippen LogP) is 1.11. The average molecular weight is 201 g/mol. The van der Waals surface area contributed by atoms with E-state index in [1.54, 1.807) is 0 Å². The molecular formula is C11H23NO2. The molecule has 1 aliphatic rings. The van der Waals surface area contributed by atoms with Gasteiger partial charge in [-0.25, -0.2) is 0 Å². The van der Waals surface area contributed by atoms with Crippen LogP contribution in [0.25, 0.3) is 0 Å². The van der Waals surface area contributed by atoms with Crippen molar-refractivity contribution >= 4 is 0 Å². The lowest BCUT2D eigenvalue weighted by Gasteiger charge is -2.26. The lowest BCUT2D eigenvalue weighted by molar-refractivity contribution is 0.0179. The number of β-amino-alcohol motifs (C(OH)–C–C–N with tert-alkyl or cyclic N) is 1. The topological polar surface area (TPSA) is 32.7 Å². The average Bonchev–Trinajstić information content (AvgIpc) is 2.28. The maximum atomic E-state index is 9.34. The highest BCUT2D eigenvalue weighted by Crippen LogP contribution is 2.13. The van der Waals surface area contributed by atoms with Crippen molar-refractivity contribution in [1.82, 2.24) is 4.90 Å². The van der Waals surface area contributed by atoms with Crippen molar-refractivity contribution < 1.29 is 9.84 Å². The first-order valence-corrected chi connectivity index (χ1v) is 5.61. The molecule has 2 unspecified atom stereocenters. The van der Waals surface area contributed by atoms with E-state index in [0.29, 0.717) is 12.0 Å². The second-order valence-electron chi connectivity index (χ2n) is 4.62. The van der Waals surface area contributed by atoms with Crippen molar-refractivity contribution in [1.29, 1.82) is 0 Å². The summed E-state index contributed by atoms with van der Waals surface area (Å²) in [7, 11) is 0. The van der Waals surface area contributed by atoms with E-state index < -0.39 is 0 Å². The Morgan fingerprint density at radius 1 is 1.43 bits per heavy atom. The zero-order valence-corrected chi connectivity index (χ0v) is 9.57. The first-order valence-electron chi connectivity index (χ1n) is 5.61. The Morgan fingerprint density at radius 3 is 2.71 bits per heavy atom. The Balaban J connectivity index is 2.43. The number of aliphatic hydroxyl groups excluding tert-OH is 1. The lowest BCUT2D eigenvalue weighted by atomic mass is 10.1. The van der Waals surface area contributed by atoms with Gasteiger partial charge in [-0.2, -0.15) is 0 Å². The van der Waals surface area contributed by atoms with Crippen LogP contribution in [0, 0.1) is 5.92 Å². The highest BCUT2D eigenvalue weighted by molar-refractivity contribution is 4.73. The fraction of sp³-hybridized carbons (Fsp3) is 1.00. The largest absolute Gasteiger partial charge is 0.392 e. The molecule has 1 fully saturated rings. The van der Waals surface area contributed by atoms with Crippen molar-refractivity contribution in [2.45, 2.75) is 39.4 Å². The van der Waals surface area contributed by atoms with Crippen molar-refractivity contribution in [2.24, 2.45) is 5.92 Å². The molecule has 0 spiro atoms. The minimum absolute atomic E-state index is 0.235. The summed E-state index contributed by atoms with van der Waals surface area (Å²) in [6.45, 7) is 9.87. The maximum Gasteiger partial charge on any atom is 0.0724 e. The number of hydrogen-bond donors (Lipinski definition) is 1. The van der Waals surface area contributed by atoms with Crippen molar-refractivity contribution in [2.75, 3.05) is 26.2 Å². The summed E-state index contributed by atoms with van der Waals surface area (Å²) in [5.41, 5.74) is 0. The molecule has 0 aromatic carbocycles. The van der Waals surface area contributed by atoms with Crippen LogP contribution in [0.1, 0.15) is 27.2 Å². The van der Waals surface area contributed by atoms with Crippen LogP contribution in [0.2, 0.25) is 0 Å². The van der Waals surface area contributed by atoms with Crippen LogP contribution in [0.4, 0.5) is 0 Å². The maximum absolute atomic E-state index is 9.34. The summed E-state index contributed by atoms with van der Waals surface area (Å²) in [5.74, 6) is 0.560. The number of hydrogen-bond acceptors (Lipinski definition) is 3. The van der Waals surface area contributed by atoms with Crippen LogP contribution >= 0.6 is 0 Å². The minimum Gasteiger partial charge on any atom is -0.392 e. The Morgan fingerprint density at radius 2 is 2.14 bits per heavy atom. The molecule has 0 aliphatic carbocycles. The molecule has 0 amide bonds. The van der Waals surface area contributed by atoms with E-state index in [1.165, 1.54) is 0 Å². The molecule has 1 saturated heterocycles. The Hall–Kier alpha value is -0.120. The SMILES string of the molecule is CC(O)CN1CCCOC(C(C)C)C1. The van der Waals surface area contributed by atoms with Gasteiger partial charge in [-0.15, -0.1) is 0 Å². The first-order chi connectivity index (χ1) is 6.59. The quantitative estimate of drug-likeness (QED) is 0.742. The molecule has 14 heavy (non-hydrogen) atoms. The Kier molecular flexibility index (Phi) is 4.85. The van der Waals surface area contributed by atoms with Crippen LogP contribution in [-0.2, 0) is 4.74 Å². The van der Waals surface area contributed by atoms with Crippen molar-refractivity contribution in [3.05, 3.63) is 0 Å². The van der Waals surface area contributed by atoms with Gasteiger partial charge in [-0.3, -0.25) is 4.90 Å². The third-order valence-corrected chi connectivity index (χ3v) is 2.65. The molecule has 1 N–H and O–H groups in total. The van der Waals surface area contributed by atoms with E-state index >= 15 is 0 Å². The van der Waals surface area contributed by atoms with Gasteiger partial charge in [0.05, 0.1) is 12.2 Å². The van der Waals surface area contributed by atoms with Gasteiger partial charge < -0.3 is 9.84 Å². The fourth-order valence-corrected chi connectivity index (χ4v) is 1.86. The molecule has 1 rings (SSSR count). The van der Waals surface area contributed by atoms with Gasteiger partial charge in [-0.1, -0.05) is 13.8 Å². The second-order valence-corrected chi connectivity index (χ2v) is 4.62. The van der Waals surface area contributed by atoms with E-state index in [4.69, 9.17) is 4.74 Å². The smallest absolute Gasteiger partial charge is 0.0724 e. The number of rotatable bonds is 3. The summed E-state index contributed by atoms with van der Waals surface area (Å²) < 4.78 is 5.75. The standard InChI is InChI=1S/C11H23NO2/c1-9(2)11-8-12(7-10(3)13)5-4-6-14-11/h9-11,13H,4-8H2,1-3H3. The molecule has 2 atom stereocenters. The Labute approximate surface area is 87.1 Å². The highest BCUT2D eigenvalue weighted by atomic mass is 16.5. The third-order valence-electron chi connectivity index (χ3n) is 2.65. The highest BCUT2D eigenvalue weighted by Gasteiger charge is 2.21. The molecular weight excluding hydrogens is 178 g/mol. The predicted molar refractivity (Wildman–Crippen MR) is 57.3 cm³/mol. The molecule has 1 aliphatic heterocycles. The van der Waals surface area contributed by atoms with Gasteiger partial charge in [0.25, 0.3) is 0 Å². The molecule has 0 bridgehead atoms. The van der Waals surface area contributed by atoms with Gasteiger partial charge >= 0.3 is 0 Å². The molecule has 0 aromatic heterocycles. The Bertz CT molecular complexity index is 159. The molecule has 1 heterocycles. The van der Waals surface area contributed by atoms with Crippen LogP contribution in [0.5, 0.6) is 0 Å². The third kappa shape index (κ3) is 3.95. The van der Waals surface area contributed by atoms with Gasteiger partial charge in [0.1, 0.15) is 0 Å². The van der Waals surface area contributed by atoms with Crippen LogP contribution < -0.4 is 0 Å². The zero-order chi connectivity index (χ0) is 10.6. The van der Waals surface area contributed by atoms with Gasteiger partial charge in [0.15, 0.2) is 0 Å². The molecule has 3 nitrogen and oxygen atoms in total. The van der Waals surface area contributed by atoms with Crippen LogP contribution in [-0.4, -0.2) is 48.5 Å². The second kappa shape index (κ2) is 5.69. The van der Waals surface area contributed by atoms with E-state index in [0.717, 1.165) is 32.7 Å². The van der Waals surface area contributed by atoms with Gasteiger partial charge in [0.2, 0.25) is 0 Å². The normalized spacial score (nSPS) is 27.6. The summed E-state index contributed by atoms with van der Waals surface area (Å²) in [6.07, 6.45) is 1.17. The van der Waals surface area contributed by atoms with Gasteiger partial charge in [-0.05, 0) is 19.3 Å². The summed E-state index contributed by atoms with van der Waals surface area (Å²) in [6, 6.07) is 0. The molecule has 84 valence electrons. The van der Waals surface area contributed by atoms with Crippen LogP contribution in [0.3, 0.4) is 0 Å². The minimum atomic E-state index is -0.235. The number of nitrogens with zero attached hydrogens (tertiary/aromatic N) is 1. The molecule has 0 radical (unpaired) electrons. The fourth-order valence-electron chi connectivity index (χ4n) is 1.86. The van der Waals surface area contributed by atoms with E-state index in [2.05, 4.69) is 18.7 Å². The zero-order valence-electron chi connectivity index (χ0n) is 9.57. The van der Waals surface area contributed by atoms with Crippen molar-refractivity contribution in [3.8, 4) is 0 Å². The van der Waals surface area contributed by atoms with E-state index in [1.807, 2.05) is 6.92 Å². The van der Waals surface area contributed by atoms with Gasteiger partial charge in [0, 0.05) is 26.2 Å². The molecule has 3 heteroatoms. The monoisotopic (exact) mass is 201 g/mol. The first kappa shape index (κ1) is 12.0. The summed E-state index contributed by atoms with van der Waals surface area (Å²) in [4.78, 5) is 2.31. The van der Waals surface area contributed by atoms with Crippen molar-refractivity contribution in [3.63, 3.8) is 0 Å². The van der Waals surface area contributed by atoms with E-state index in [-0.39, 0.29) is 6.10 Å². The van der Waals surface area contributed by atoms with Crippen LogP contribution in [0.15, 0.2) is 0 Å². The summed E-state index contributed by atoms with van der Waals surface area (Å²) in [5, 5.41) is 9.34. The lowest BCUT2D eigenvalue weighted by Crippen LogP contribution is -2.38. The number of ether oxygens (including phenoxy) is 1.